The predicted molar refractivity (Wildman–Crippen MR) is 286 cm³/mol. The number of aromatic carboxylic acids is 1. The Labute approximate surface area is 452 Å². The second-order valence-electron chi connectivity index (χ2n) is 17.2. The van der Waals surface area contributed by atoms with E-state index in [-0.39, 0.29) is 66.1 Å². The van der Waals surface area contributed by atoms with E-state index in [0.717, 1.165) is 33.4 Å². The van der Waals surface area contributed by atoms with Crippen molar-refractivity contribution < 1.29 is 61.8 Å². The number of carboxylic acids is 1. The summed E-state index contributed by atoms with van der Waals surface area (Å²) in [4.78, 5) is 46.9. The van der Waals surface area contributed by atoms with Gasteiger partial charge in [-0.2, -0.15) is 0 Å². The smallest absolute Gasteiger partial charge is 0.374 e. The predicted octanol–water partition coefficient (Wildman–Crippen LogP) is 10.8. The van der Waals surface area contributed by atoms with E-state index in [4.69, 9.17) is 48.0 Å². The molecule has 77 heavy (non-hydrogen) atoms. The van der Waals surface area contributed by atoms with Gasteiger partial charge in [-0.3, -0.25) is 4.79 Å². The standard InChI is InChI=1S/C29H26ClFN2O5.C19H22ClNO3.C10H6FNO3/c1-2-37-29(36)26(34)16-22(14-18-10-12-19(13-11-18)20-6-5-7-21(30)15-20)32-28(35)27-17-25(33-38-27)23-8-3-4-9-24(23)31;1-2-24-19(23)18(22)12-17(21)10-13-6-8-14(9-7-13)15-4-3-5-16(20)11-15;11-7-4-2-1-3-6(7)8-5-9(10(13)14)15-12-8/h3-13,15,17,22,26,34H,2,14,16H2,1H3,(H,32,35);3-9,11,17-18,22H,2,10,12,21H2,1H3;1-5H,(H,13,14)/t22-,26-;17-,18-;/m11./s1. The molecule has 0 bridgehead atoms. The lowest BCUT2D eigenvalue weighted by atomic mass is 9.97. The Morgan fingerprint density at radius 3 is 1.47 bits per heavy atom. The van der Waals surface area contributed by atoms with E-state index in [1.54, 1.807) is 38.1 Å². The highest BCUT2D eigenvalue weighted by Crippen LogP contribution is 2.27. The van der Waals surface area contributed by atoms with E-state index in [2.05, 4.69) is 20.2 Å². The minimum atomic E-state index is -1.44. The van der Waals surface area contributed by atoms with Crippen LogP contribution in [0.4, 0.5) is 8.78 Å². The van der Waals surface area contributed by atoms with Crippen LogP contribution in [0.25, 0.3) is 44.8 Å². The molecule has 1 amide bonds. The number of ether oxygens (including phenoxy) is 2. The molecule has 19 heteroatoms. The lowest BCUT2D eigenvalue weighted by Gasteiger charge is -2.21. The number of benzene rings is 6. The molecule has 0 saturated carbocycles. The van der Waals surface area contributed by atoms with Crippen LogP contribution in [0.5, 0.6) is 0 Å². The number of carbonyl (C=O) groups excluding carboxylic acids is 3. The molecule has 0 aliphatic heterocycles. The maximum atomic E-state index is 14.1. The fraction of sp³-hybridized carbons (Fsp3) is 0.207. The van der Waals surface area contributed by atoms with Crippen molar-refractivity contribution in [3.05, 3.63) is 202 Å². The highest BCUT2D eigenvalue weighted by molar-refractivity contribution is 6.31. The molecule has 0 aliphatic rings. The Hall–Kier alpha value is -8.06. The highest BCUT2D eigenvalue weighted by atomic mass is 35.5. The van der Waals surface area contributed by atoms with Crippen molar-refractivity contribution >= 4 is 47.0 Å². The van der Waals surface area contributed by atoms with Gasteiger partial charge in [0.15, 0.2) is 12.2 Å². The monoisotopic (exact) mass is 1090 g/mol. The van der Waals surface area contributed by atoms with Gasteiger partial charge >= 0.3 is 17.9 Å². The van der Waals surface area contributed by atoms with Crippen molar-refractivity contribution in [3.8, 4) is 44.8 Å². The van der Waals surface area contributed by atoms with Gasteiger partial charge in [-0.05, 0) is 115 Å². The zero-order valence-corrected chi connectivity index (χ0v) is 43.2. The number of carbonyl (C=O) groups is 4. The van der Waals surface area contributed by atoms with Gasteiger partial charge in [-0.25, -0.2) is 23.2 Å². The van der Waals surface area contributed by atoms with Crippen LogP contribution < -0.4 is 11.1 Å². The second kappa shape index (κ2) is 28.7. The number of rotatable bonds is 19. The molecule has 8 rings (SSSR count). The minimum Gasteiger partial charge on any atom is -0.475 e. The Balaban J connectivity index is 0.000000209. The van der Waals surface area contributed by atoms with Crippen molar-refractivity contribution in [2.45, 2.75) is 63.8 Å². The summed E-state index contributed by atoms with van der Waals surface area (Å²) in [5.74, 6) is -4.65. The molecule has 0 spiro atoms. The van der Waals surface area contributed by atoms with E-state index in [1.165, 1.54) is 42.5 Å². The summed E-state index contributed by atoms with van der Waals surface area (Å²) < 4.78 is 46.7. The maximum Gasteiger partial charge on any atom is 0.374 e. The summed E-state index contributed by atoms with van der Waals surface area (Å²) in [5.41, 5.74) is 12.7. The Morgan fingerprint density at radius 2 is 1.03 bits per heavy atom. The average Bonchev–Trinajstić information content (AvgIpc) is 4.12. The van der Waals surface area contributed by atoms with Crippen molar-refractivity contribution in [1.29, 1.82) is 0 Å². The second-order valence-corrected chi connectivity index (χ2v) is 18.1. The number of hydrogen-bond donors (Lipinski definition) is 5. The molecule has 400 valence electrons. The largest absolute Gasteiger partial charge is 0.475 e. The van der Waals surface area contributed by atoms with Crippen LogP contribution in [0.3, 0.4) is 0 Å². The van der Waals surface area contributed by atoms with Crippen LogP contribution in [-0.4, -0.2) is 87.0 Å². The lowest BCUT2D eigenvalue weighted by molar-refractivity contribution is -0.154. The van der Waals surface area contributed by atoms with Gasteiger partial charge in [0.05, 0.1) is 13.2 Å². The minimum absolute atomic E-state index is 0.0884. The maximum absolute atomic E-state index is 14.1. The molecule has 15 nitrogen and oxygen atoms in total. The Kier molecular flexibility index (Phi) is 21.7. The summed E-state index contributed by atoms with van der Waals surface area (Å²) in [6, 6.07) is 44.3. The van der Waals surface area contributed by atoms with Crippen molar-refractivity contribution in [2.75, 3.05) is 13.2 Å². The summed E-state index contributed by atoms with van der Waals surface area (Å²) in [6.07, 6.45) is -1.64. The first kappa shape index (κ1) is 58.2. The number of aliphatic hydroxyl groups is 2. The zero-order chi connectivity index (χ0) is 55.4. The van der Waals surface area contributed by atoms with E-state index >= 15 is 0 Å². The SMILES string of the molecule is CCOC(=O)[C@H](O)C[C@@H](Cc1ccc(-c2cccc(Cl)c2)cc1)NC(=O)c1cc(-c2ccccc2F)no1.CCOC(=O)[C@H](O)C[C@H](N)Cc1ccc(-c2cccc(Cl)c2)cc1.O=C(O)c1cc(-c2ccccc2F)no1. The van der Waals surface area contributed by atoms with Gasteiger partial charge < -0.3 is 44.9 Å². The van der Waals surface area contributed by atoms with Crippen LogP contribution in [-0.2, 0) is 31.9 Å². The number of amides is 1. The molecule has 0 aliphatic carbocycles. The Morgan fingerprint density at radius 1 is 0.584 bits per heavy atom. The summed E-state index contributed by atoms with van der Waals surface area (Å²) >= 11 is 12.1. The first-order valence-corrected chi connectivity index (χ1v) is 24.9. The molecule has 8 aromatic rings. The number of carboxylic acid groups (broad SMARTS) is 1. The summed E-state index contributed by atoms with van der Waals surface area (Å²) in [6.45, 7) is 3.71. The number of aromatic nitrogens is 2. The van der Waals surface area contributed by atoms with Crippen molar-refractivity contribution in [2.24, 2.45) is 5.73 Å². The van der Waals surface area contributed by atoms with Gasteiger partial charge in [-0.15, -0.1) is 0 Å². The molecule has 0 unspecified atom stereocenters. The van der Waals surface area contributed by atoms with E-state index < -0.39 is 53.7 Å². The van der Waals surface area contributed by atoms with Gasteiger partial charge in [0, 0.05) is 51.8 Å². The van der Waals surface area contributed by atoms with Crippen LogP contribution >= 0.6 is 23.2 Å². The first-order valence-electron chi connectivity index (χ1n) is 24.1. The van der Waals surface area contributed by atoms with Gasteiger partial charge in [-0.1, -0.05) is 131 Å². The topological polar surface area (TPSA) is 238 Å². The molecule has 0 saturated heterocycles. The van der Waals surface area contributed by atoms with Gasteiger partial charge in [0.2, 0.25) is 11.5 Å². The van der Waals surface area contributed by atoms with Crippen LogP contribution in [0.15, 0.2) is 167 Å². The lowest BCUT2D eigenvalue weighted by Crippen LogP contribution is -2.40. The number of halogens is 4. The first-order chi connectivity index (χ1) is 37.0. The van der Waals surface area contributed by atoms with Crippen molar-refractivity contribution in [3.63, 3.8) is 0 Å². The number of esters is 2. The normalized spacial score (nSPS) is 12.3. The number of hydrogen-bond acceptors (Lipinski definition) is 13. The van der Waals surface area contributed by atoms with Crippen LogP contribution in [0.2, 0.25) is 10.0 Å². The van der Waals surface area contributed by atoms with Gasteiger partial charge in [0.25, 0.3) is 5.91 Å². The van der Waals surface area contributed by atoms with Gasteiger partial charge in [0.1, 0.15) is 23.0 Å². The fourth-order valence-corrected chi connectivity index (χ4v) is 8.08. The van der Waals surface area contributed by atoms with E-state index in [1.807, 2.05) is 91.0 Å². The molecule has 2 heterocycles. The third-order valence-electron chi connectivity index (χ3n) is 11.4. The third-order valence-corrected chi connectivity index (χ3v) is 11.9. The van der Waals surface area contributed by atoms with Crippen molar-refractivity contribution in [1.82, 2.24) is 15.6 Å². The number of nitrogens with zero attached hydrogens (tertiary/aromatic N) is 2. The highest BCUT2D eigenvalue weighted by Gasteiger charge is 2.26. The molecular weight excluding hydrogens is 1040 g/mol. The molecule has 6 aromatic carbocycles. The molecular formula is C58H54Cl2F2N4O11. The molecule has 0 radical (unpaired) electrons. The zero-order valence-electron chi connectivity index (χ0n) is 41.7. The fourth-order valence-electron chi connectivity index (χ4n) is 7.70. The van der Waals surface area contributed by atoms with E-state index in [0.29, 0.717) is 22.9 Å². The van der Waals surface area contributed by atoms with E-state index in [9.17, 15) is 38.2 Å². The van der Waals surface area contributed by atoms with Crippen LogP contribution in [0, 0.1) is 11.6 Å². The molecule has 0 fully saturated rings. The quantitative estimate of drug-likeness (QED) is 0.0474. The Bertz CT molecular complexity index is 3230. The number of aliphatic hydroxyl groups excluding tert-OH is 2. The number of nitrogens with one attached hydrogen (secondary N) is 1. The molecule has 2 aromatic heterocycles. The summed E-state index contributed by atoms with van der Waals surface area (Å²) in [5, 5.41) is 40.1. The van der Waals surface area contributed by atoms with Crippen LogP contribution in [0.1, 0.15) is 58.9 Å². The molecule has 6 N–H and O–H groups in total. The third kappa shape index (κ3) is 17.5. The summed E-state index contributed by atoms with van der Waals surface area (Å²) in [7, 11) is 0. The number of nitrogens with two attached hydrogens (primary N) is 1. The average molecular weight is 1090 g/mol. The molecule has 4 atom stereocenters.